The van der Waals surface area contributed by atoms with Crippen molar-refractivity contribution in [2.24, 2.45) is 0 Å². The first-order valence-electron chi connectivity index (χ1n) is 9.78. The number of benzene rings is 2. The van der Waals surface area contributed by atoms with Crippen LogP contribution in [0.15, 0.2) is 64.8 Å². The number of thioether (sulfide) groups is 1. The highest BCUT2D eigenvalue weighted by Gasteiger charge is 2.21. The molecule has 0 N–H and O–H groups in total. The van der Waals surface area contributed by atoms with Crippen molar-refractivity contribution >= 4 is 23.2 Å². The lowest BCUT2D eigenvalue weighted by Gasteiger charge is -2.11. The van der Waals surface area contributed by atoms with E-state index in [9.17, 15) is 9.59 Å². The third kappa shape index (κ3) is 3.98. The smallest absolute Gasteiger partial charge is 0.300 e. The van der Waals surface area contributed by atoms with Gasteiger partial charge in [-0.2, -0.15) is 0 Å². The average Bonchev–Trinajstić information content (AvgIpc) is 3.19. The molecule has 4 aromatic rings. The maximum atomic E-state index is 13.0. The van der Waals surface area contributed by atoms with Gasteiger partial charge in [-0.1, -0.05) is 30.0 Å². The van der Waals surface area contributed by atoms with E-state index < -0.39 is 0 Å². The van der Waals surface area contributed by atoms with Crippen molar-refractivity contribution in [2.75, 3.05) is 7.11 Å². The summed E-state index contributed by atoms with van der Waals surface area (Å²) in [7, 11) is 1.58. The number of aryl methyl sites for hydroxylation is 2. The van der Waals surface area contributed by atoms with Crippen LogP contribution in [0.2, 0.25) is 0 Å². The minimum absolute atomic E-state index is 0.00886. The Morgan fingerprint density at radius 1 is 1.06 bits per heavy atom. The number of ether oxygens (including phenoxy) is 1. The molecule has 0 saturated carbocycles. The molecule has 7 nitrogen and oxygen atoms in total. The third-order valence-electron chi connectivity index (χ3n) is 5.21. The maximum Gasteiger partial charge on any atom is 0.300 e. The van der Waals surface area contributed by atoms with Crippen LogP contribution in [0.5, 0.6) is 5.75 Å². The Hall–Kier alpha value is -3.39. The van der Waals surface area contributed by atoms with Gasteiger partial charge in [0.2, 0.25) is 5.65 Å². The number of aromatic nitrogens is 4. The van der Waals surface area contributed by atoms with Crippen molar-refractivity contribution < 1.29 is 9.53 Å². The van der Waals surface area contributed by atoms with Gasteiger partial charge in [0.05, 0.1) is 18.0 Å². The lowest BCUT2D eigenvalue weighted by Crippen LogP contribution is -2.20. The zero-order chi connectivity index (χ0) is 22.1. The molecular formula is C23H22N4O3S. The number of rotatable bonds is 6. The monoisotopic (exact) mass is 434 g/mol. The number of ketones is 1. The standard InChI is InChI=1S/C23H22N4O3S/c1-14-8-9-17(12-15(14)2)20(28)16(3)31-23-25-24-21-22(29)26(10-11-27(21)23)18-6-5-7-19(13-18)30-4/h5-13,16H,1-4H3. The lowest BCUT2D eigenvalue weighted by atomic mass is 10.0. The normalized spacial score (nSPS) is 12.1. The van der Waals surface area contributed by atoms with Gasteiger partial charge in [0, 0.05) is 24.0 Å². The lowest BCUT2D eigenvalue weighted by molar-refractivity contribution is 0.0993. The Morgan fingerprint density at radius 3 is 2.61 bits per heavy atom. The number of methoxy groups -OCH3 is 1. The molecule has 158 valence electrons. The SMILES string of the molecule is COc1cccc(-n2ccn3c(SC(C)C(=O)c4ccc(C)c(C)c4)nnc3c2=O)c1. The van der Waals surface area contributed by atoms with Gasteiger partial charge in [-0.25, -0.2) is 0 Å². The Balaban J connectivity index is 1.63. The van der Waals surface area contributed by atoms with E-state index in [-0.39, 0.29) is 22.2 Å². The van der Waals surface area contributed by atoms with E-state index in [1.807, 2.05) is 57.2 Å². The van der Waals surface area contributed by atoms with E-state index in [2.05, 4.69) is 10.2 Å². The minimum Gasteiger partial charge on any atom is -0.497 e. The minimum atomic E-state index is -0.379. The molecule has 0 amide bonds. The molecule has 0 radical (unpaired) electrons. The fourth-order valence-corrected chi connectivity index (χ4v) is 4.16. The largest absolute Gasteiger partial charge is 0.497 e. The second-order valence-corrected chi connectivity index (χ2v) is 8.58. The number of carbonyl (C=O) groups is 1. The van der Waals surface area contributed by atoms with Crippen LogP contribution in [0.4, 0.5) is 0 Å². The van der Waals surface area contributed by atoms with E-state index in [0.29, 0.717) is 22.2 Å². The average molecular weight is 435 g/mol. The molecule has 2 aromatic carbocycles. The number of carbonyl (C=O) groups excluding carboxylic acids is 1. The summed E-state index contributed by atoms with van der Waals surface area (Å²) in [4.78, 5) is 25.9. The van der Waals surface area contributed by atoms with E-state index in [4.69, 9.17) is 4.74 Å². The Morgan fingerprint density at radius 2 is 1.87 bits per heavy atom. The van der Waals surface area contributed by atoms with Gasteiger partial charge in [0.25, 0.3) is 0 Å². The molecule has 0 aliphatic carbocycles. The summed E-state index contributed by atoms with van der Waals surface area (Å²) in [6.45, 7) is 5.84. The van der Waals surface area contributed by atoms with Crippen LogP contribution in [0.25, 0.3) is 11.3 Å². The maximum absolute atomic E-state index is 13.0. The second kappa shape index (κ2) is 8.39. The Bertz CT molecular complexity index is 1340. The highest BCUT2D eigenvalue weighted by molar-refractivity contribution is 8.00. The van der Waals surface area contributed by atoms with Gasteiger partial charge in [-0.05, 0) is 50.1 Å². The molecular weight excluding hydrogens is 412 g/mol. The first-order chi connectivity index (χ1) is 14.9. The van der Waals surface area contributed by atoms with E-state index in [0.717, 1.165) is 11.1 Å². The number of fused-ring (bicyclic) bond motifs is 1. The molecule has 0 saturated heterocycles. The van der Waals surface area contributed by atoms with Crippen LogP contribution in [0.3, 0.4) is 0 Å². The second-order valence-electron chi connectivity index (χ2n) is 7.27. The van der Waals surface area contributed by atoms with Gasteiger partial charge < -0.3 is 4.74 Å². The van der Waals surface area contributed by atoms with Crippen molar-refractivity contribution in [3.05, 3.63) is 81.9 Å². The molecule has 0 fully saturated rings. The first kappa shape index (κ1) is 20.9. The van der Waals surface area contributed by atoms with Gasteiger partial charge in [0.1, 0.15) is 5.75 Å². The summed E-state index contributed by atoms with van der Waals surface area (Å²) >= 11 is 1.28. The number of Topliss-reactive ketones (excluding diaryl/α,β-unsaturated/α-hetero) is 1. The van der Waals surface area contributed by atoms with Crippen molar-refractivity contribution in [1.82, 2.24) is 19.2 Å². The summed E-state index contributed by atoms with van der Waals surface area (Å²) in [6.07, 6.45) is 3.39. The molecule has 0 aliphatic heterocycles. The molecule has 4 rings (SSSR count). The summed E-state index contributed by atoms with van der Waals surface area (Å²) in [5, 5.41) is 8.35. The summed E-state index contributed by atoms with van der Waals surface area (Å²) in [6, 6.07) is 12.9. The first-order valence-corrected chi connectivity index (χ1v) is 10.7. The molecule has 2 heterocycles. The van der Waals surface area contributed by atoms with E-state index in [1.165, 1.54) is 16.3 Å². The molecule has 8 heteroatoms. The number of nitrogens with zero attached hydrogens (tertiary/aromatic N) is 4. The van der Waals surface area contributed by atoms with Crippen LogP contribution >= 0.6 is 11.8 Å². The van der Waals surface area contributed by atoms with Crippen molar-refractivity contribution in [3.63, 3.8) is 0 Å². The highest BCUT2D eigenvalue weighted by atomic mass is 32.2. The predicted octanol–water partition coefficient (Wildman–Crippen LogP) is 3.87. The topological polar surface area (TPSA) is 78.5 Å². The van der Waals surface area contributed by atoms with Crippen LogP contribution < -0.4 is 10.3 Å². The third-order valence-corrected chi connectivity index (χ3v) is 6.27. The fraction of sp³-hybridized carbons (Fsp3) is 0.217. The van der Waals surface area contributed by atoms with Gasteiger partial charge in [-0.3, -0.25) is 18.6 Å². The van der Waals surface area contributed by atoms with Crippen LogP contribution in [0.1, 0.15) is 28.4 Å². The number of hydrogen-bond acceptors (Lipinski definition) is 6. The molecule has 1 unspecified atom stereocenters. The van der Waals surface area contributed by atoms with E-state index in [1.54, 1.807) is 30.0 Å². The predicted molar refractivity (Wildman–Crippen MR) is 121 cm³/mol. The summed E-state index contributed by atoms with van der Waals surface area (Å²) in [5.74, 6) is 0.662. The molecule has 2 aromatic heterocycles. The van der Waals surface area contributed by atoms with Crippen molar-refractivity contribution in [2.45, 2.75) is 31.2 Å². The van der Waals surface area contributed by atoms with E-state index >= 15 is 0 Å². The van der Waals surface area contributed by atoms with Crippen molar-refractivity contribution in [3.8, 4) is 11.4 Å². The quantitative estimate of drug-likeness (QED) is 0.339. The summed E-state index contributed by atoms with van der Waals surface area (Å²) in [5.41, 5.74) is 3.45. The molecule has 0 spiro atoms. The summed E-state index contributed by atoms with van der Waals surface area (Å²) < 4.78 is 8.35. The highest BCUT2D eigenvalue weighted by Crippen LogP contribution is 2.25. The zero-order valence-electron chi connectivity index (χ0n) is 17.7. The fourth-order valence-electron chi connectivity index (χ4n) is 3.25. The van der Waals surface area contributed by atoms with Gasteiger partial charge >= 0.3 is 5.56 Å². The molecule has 31 heavy (non-hydrogen) atoms. The van der Waals surface area contributed by atoms with Gasteiger partial charge in [-0.15, -0.1) is 10.2 Å². The Labute approximate surface area is 183 Å². The number of hydrogen-bond donors (Lipinski definition) is 0. The van der Waals surface area contributed by atoms with Crippen molar-refractivity contribution in [1.29, 1.82) is 0 Å². The molecule has 0 bridgehead atoms. The zero-order valence-corrected chi connectivity index (χ0v) is 18.5. The van der Waals surface area contributed by atoms with Crippen LogP contribution in [-0.4, -0.2) is 37.3 Å². The molecule has 0 aliphatic rings. The van der Waals surface area contributed by atoms with Crippen LogP contribution in [-0.2, 0) is 0 Å². The van der Waals surface area contributed by atoms with Crippen LogP contribution in [0, 0.1) is 13.8 Å². The Kier molecular flexibility index (Phi) is 5.65. The van der Waals surface area contributed by atoms with Gasteiger partial charge in [0.15, 0.2) is 10.9 Å². The molecule has 1 atom stereocenters.